The van der Waals surface area contributed by atoms with Crippen molar-refractivity contribution in [1.82, 2.24) is 9.88 Å². The van der Waals surface area contributed by atoms with Crippen LogP contribution in [0.25, 0.3) is 0 Å². The molecule has 5 heteroatoms. The normalized spacial score (nSPS) is 23.8. The van der Waals surface area contributed by atoms with E-state index in [0.717, 1.165) is 36.9 Å². The molecule has 0 aromatic carbocycles. The molecular formula is C12H21N3OS. The Kier molecular flexibility index (Phi) is 4.50. The minimum Gasteiger partial charge on any atom is -0.368 e. The monoisotopic (exact) mass is 255 g/mol. The van der Waals surface area contributed by atoms with E-state index in [1.165, 1.54) is 6.42 Å². The van der Waals surface area contributed by atoms with Gasteiger partial charge in [0.05, 0.1) is 12.3 Å². The van der Waals surface area contributed by atoms with Crippen LogP contribution in [0.3, 0.4) is 0 Å². The van der Waals surface area contributed by atoms with Gasteiger partial charge in [0.25, 0.3) is 0 Å². The van der Waals surface area contributed by atoms with Crippen LogP contribution in [-0.4, -0.2) is 36.1 Å². The van der Waals surface area contributed by atoms with Crippen molar-refractivity contribution in [1.29, 1.82) is 0 Å². The number of morpholine rings is 1. The summed E-state index contributed by atoms with van der Waals surface area (Å²) in [5, 5.41) is 3.11. The molecule has 0 amide bonds. The van der Waals surface area contributed by atoms with E-state index < -0.39 is 0 Å². The molecule has 0 aliphatic carbocycles. The van der Waals surface area contributed by atoms with Gasteiger partial charge in [0.1, 0.15) is 11.1 Å². The van der Waals surface area contributed by atoms with Gasteiger partial charge in [-0.1, -0.05) is 6.92 Å². The summed E-state index contributed by atoms with van der Waals surface area (Å²) in [4.78, 5) is 7.02. The predicted octanol–water partition coefficient (Wildman–Crippen LogP) is 1.95. The van der Waals surface area contributed by atoms with Crippen molar-refractivity contribution in [2.75, 3.05) is 26.2 Å². The van der Waals surface area contributed by atoms with Crippen LogP contribution >= 0.6 is 11.3 Å². The summed E-state index contributed by atoms with van der Waals surface area (Å²) in [5.74, 6) is 0. The van der Waals surface area contributed by atoms with E-state index in [-0.39, 0.29) is 12.1 Å². The van der Waals surface area contributed by atoms with Gasteiger partial charge in [-0.3, -0.25) is 4.90 Å². The molecule has 1 saturated heterocycles. The summed E-state index contributed by atoms with van der Waals surface area (Å²) in [5.41, 5.74) is 6.80. The highest BCUT2D eigenvalue weighted by Gasteiger charge is 2.24. The standard InChI is InChI=1S/C12H21N3OS/c1-3-4-15-5-6-16-11(7-15)12-14-10(8-17-12)9(2)13/h8-9,11H,3-7,13H2,1-2H3. The molecule has 1 aromatic rings. The highest BCUT2D eigenvalue weighted by atomic mass is 32.1. The van der Waals surface area contributed by atoms with Gasteiger partial charge in [-0.15, -0.1) is 11.3 Å². The second-order valence-electron chi connectivity index (χ2n) is 4.56. The molecule has 0 saturated carbocycles. The zero-order valence-corrected chi connectivity index (χ0v) is 11.4. The van der Waals surface area contributed by atoms with Gasteiger partial charge in [-0.2, -0.15) is 0 Å². The molecule has 1 aliphatic heterocycles. The quantitative estimate of drug-likeness (QED) is 0.893. The van der Waals surface area contributed by atoms with Crippen molar-refractivity contribution >= 4 is 11.3 Å². The number of rotatable bonds is 4. The van der Waals surface area contributed by atoms with E-state index in [0.29, 0.717) is 0 Å². The first-order valence-electron chi connectivity index (χ1n) is 6.25. The molecule has 2 rings (SSSR count). The number of nitrogens with two attached hydrogens (primary N) is 1. The number of nitrogens with zero attached hydrogens (tertiary/aromatic N) is 2. The van der Waals surface area contributed by atoms with Crippen LogP contribution in [0.5, 0.6) is 0 Å². The molecular weight excluding hydrogens is 234 g/mol. The largest absolute Gasteiger partial charge is 0.368 e. The number of thiazole rings is 1. The molecule has 1 aliphatic rings. The highest BCUT2D eigenvalue weighted by molar-refractivity contribution is 7.09. The topological polar surface area (TPSA) is 51.4 Å². The van der Waals surface area contributed by atoms with E-state index in [4.69, 9.17) is 10.5 Å². The third-order valence-electron chi connectivity index (χ3n) is 2.97. The van der Waals surface area contributed by atoms with E-state index in [9.17, 15) is 0 Å². The first-order chi connectivity index (χ1) is 8.20. The number of hydrogen-bond acceptors (Lipinski definition) is 5. The molecule has 0 radical (unpaired) electrons. The maximum atomic E-state index is 5.82. The maximum absolute atomic E-state index is 5.82. The van der Waals surface area contributed by atoms with Gasteiger partial charge < -0.3 is 10.5 Å². The Hall–Kier alpha value is -0.490. The van der Waals surface area contributed by atoms with Crippen LogP contribution in [-0.2, 0) is 4.74 Å². The van der Waals surface area contributed by atoms with E-state index in [1.807, 2.05) is 12.3 Å². The zero-order valence-electron chi connectivity index (χ0n) is 10.6. The molecule has 0 bridgehead atoms. The van der Waals surface area contributed by atoms with Crippen molar-refractivity contribution in [2.45, 2.75) is 32.4 Å². The number of hydrogen-bond donors (Lipinski definition) is 1. The summed E-state index contributed by atoms with van der Waals surface area (Å²) in [7, 11) is 0. The van der Waals surface area contributed by atoms with Crippen LogP contribution < -0.4 is 5.73 Å². The molecule has 96 valence electrons. The lowest BCUT2D eigenvalue weighted by molar-refractivity contribution is -0.0300. The lowest BCUT2D eigenvalue weighted by Crippen LogP contribution is -2.38. The van der Waals surface area contributed by atoms with Gasteiger partial charge in [0, 0.05) is 24.5 Å². The molecule has 4 nitrogen and oxygen atoms in total. The maximum Gasteiger partial charge on any atom is 0.123 e. The molecule has 17 heavy (non-hydrogen) atoms. The molecule has 2 N–H and O–H groups in total. The summed E-state index contributed by atoms with van der Waals surface area (Å²) in [6.07, 6.45) is 1.32. The summed E-state index contributed by atoms with van der Waals surface area (Å²) in [6.45, 7) is 8.12. The Bertz CT molecular complexity index is 351. The van der Waals surface area contributed by atoms with Crippen LogP contribution in [0, 0.1) is 0 Å². The Labute approximate surface area is 107 Å². The van der Waals surface area contributed by atoms with Crippen molar-refractivity contribution < 1.29 is 4.74 Å². The molecule has 0 spiro atoms. The minimum atomic E-state index is 0.00957. The average Bonchev–Trinajstić information content (AvgIpc) is 2.79. The fraction of sp³-hybridized carbons (Fsp3) is 0.750. The fourth-order valence-electron chi connectivity index (χ4n) is 2.03. The second kappa shape index (κ2) is 5.91. The van der Waals surface area contributed by atoms with Gasteiger partial charge in [-0.05, 0) is 19.9 Å². The number of aromatic nitrogens is 1. The lowest BCUT2D eigenvalue weighted by atomic mass is 10.2. The zero-order chi connectivity index (χ0) is 12.3. The average molecular weight is 255 g/mol. The van der Waals surface area contributed by atoms with Gasteiger partial charge in [0.15, 0.2) is 0 Å². The molecule has 1 aromatic heterocycles. The Morgan fingerprint density at radius 3 is 3.18 bits per heavy atom. The molecule has 1 fully saturated rings. The minimum absolute atomic E-state index is 0.00957. The SMILES string of the molecule is CCCN1CCOC(c2nc(C(C)N)cs2)C1. The highest BCUT2D eigenvalue weighted by Crippen LogP contribution is 2.26. The predicted molar refractivity (Wildman–Crippen MR) is 70.1 cm³/mol. The Balaban J connectivity index is 2.00. The summed E-state index contributed by atoms with van der Waals surface area (Å²) >= 11 is 1.66. The second-order valence-corrected chi connectivity index (χ2v) is 5.45. The van der Waals surface area contributed by atoms with Crippen LogP contribution in [0.1, 0.15) is 43.1 Å². The van der Waals surface area contributed by atoms with E-state index in [2.05, 4.69) is 16.8 Å². The third-order valence-corrected chi connectivity index (χ3v) is 3.93. The van der Waals surface area contributed by atoms with Crippen LogP contribution in [0.15, 0.2) is 5.38 Å². The smallest absolute Gasteiger partial charge is 0.123 e. The van der Waals surface area contributed by atoms with Crippen molar-refractivity contribution in [3.63, 3.8) is 0 Å². The van der Waals surface area contributed by atoms with Crippen molar-refractivity contribution in [3.05, 3.63) is 16.1 Å². The summed E-state index contributed by atoms with van der Waals surface area (Å²) in [6, 6.07) is 0.00957. The Morgan fingerprint density at radius 1 is 1.71 bits per heavy atom. The van der Waals surface area contributed by atoms with E-state index >= 15 is 0 Å². The van der Waals surface area contributed by atoms with Gasteiger partial charge >= 0.3 is 0 Å². The van der Waals surface area contributed by atoms with Crippen LogP contribution in [0.2, 0.25) is 0 Å². The molecule has 2 atom stereocenters. The van der Waals surface area contributed by atoms with Crippen molar-refractivity contribution in [3.8, 4) is 0 Å². The first-order valence-corrected chi connectivity index (χ1v) is 7.13. The van der Waals surface area contributed by atoms with E-state index in [1.54, 1.807) is 11.3 Å². The fourth-order valence-corrected chi connectivity index (χ4v) is 2.99. The molecule has 2 unspecified atom stereocenters. The Morgan fingerprint density at radius 2 is 2.53 bits per heavy atom. The third kappa shape index (κ3) is 3.25. The molecule has 2 heterocycles. The van der Waals surface area contributed by atoms with Crippen molar-refractivity contribution in [2.24, 2.45) is 5.73 Å². The van der Waals surface area contributed by atoms with Crippen LogP contribution in [0.4, 0.5) is 0 Å². The van der Waals surface area contributed by atoms with Gasteiger partial charge in [-0.25, -0.2) is 4.98 Å². The number of ether oxygens (including phenoxy) is 1. The van der Waals surface area contributed by atoms with Gasteiger partial charge in [0.2, 0.25) is 0 Å². The summed E-state index contributed by atoms with van der Waals surface area (Å²) < 4.78 is 5.80. The first kappa shape index (κ1) is 13.0. The lowest BCUT2D eigenvalue weighted by Gasteiger charge is -2.31.